The predicted octanol–water partition coefficient (Wildman–Crippen LogP) is 0.461. The number of piperazine rings is 1. The van der Waals surface area contributed by atoms with Crippen LogP contribution in [0.25, 0.3) is 0 Å². The van der Waals surface area contributed by atoms with E-state index in [0.29, 0.717) is 32.7 Å². The topological polar surface area (TPSA) is 64.1 Å². The average Bonchev–Trinajstić information content (AvgIpc) is 2.39. The second-order valence-corrected chi connectivity index (χ2v) is 5.19. The average molecular weight is 267 g/mol. The van der Waals surface area contributed by atoms with E-state index in [9.17, 15) is 9.59 Å². The first-order valence-corrected chi connectivity index (χ1v) is 6.70. The molecule has 2 amide bonds. The zero-order valence-electron chi connectivity index (χ0n) is 11.3. The Morgan fingerprint density at radius 3 is 2.37 bits per heavy atom. The van der Waals surface area contributed by atoms with Crippen LogP contribution < -0.4 is 0 Å². The van der Waals surface area contributed by atoms with Crippen LogP contribution in [-0.2, 0) is 4.79 Å². The van der Waals surface area contributed by atoms with Gasteiger partial charge in [0.05, 0.1) is 6.54 Å². The number of nitrogens with zero attached hydrogens (tertiary/aromatic N) is 3. The molecule has 0 unspecified atom stereocenters. The lowest BCUT2D eigenvalue weighted by Crippen LogP contribution is -2.54. The van der Waals surface area contributed by atoms with Crippen LogP contribution in [0.15, 0.2) is 11.6 Å². The van der Waals surface area contributed by atoms with E-state index in [2.05, 4.69) is 13.0 Å². The van der Waals surface area contributed by atoms with Crippen LogP contribution in [0, 0.1) is 0 Å². The fourth-order valence-electron chi connectivity index (χ4n) is 2.43. The van der Waals surface area contributed by atoms with Gasteiger partial charge in [-0.2, -0.15) is 0 Å². The molecule has 0 spiro atoms. The van der Waals surface area contributed by atoms with E-state index in [4.69, 9.17) is 5.11 Å². The van der Waals surface area contributed by atoms with Crippen LogP contribution in [0.4, 0.5) is 4.79 Å². The van der Waals surface area contributed by atoms with E-state index >= 15 is 0 Å². The van der Waals surface area contributed by atoms with Gasteiger partial charge in [-0.15, -0.1) is 0 Å². The van der Waals surface area contributed by atoms with Crippen molar-refractivity contribution in [3.63, 3.8) is 0 Å². The minimum atomic E-state index is -0.809. The standard InChI is InChI=1S/C13H21N3O3/c1-11-2-4-15(5-3-11)13(19)16-8-6-14(7-9-16)10-12(17)18/h2H,3-10H2,1H3,(H,17,18). The third-order valence-corrected chi connectivity index (χ3v) is 3.71. The molecule has 0 atom stereocenters. The van der Waals surface area contributed by atoms with Gasteiger partial charge >= 0.3 is 12.0 Å². The molecule has 6 nitrogen and oxygen atoms in total. The predicted molar refractivity (Wildman–Crippen MR) is 71.0 cm³/mol. The van der Waals surface area contributed by atoms with Crippen molar-refractivity contribution in [1.29, 1.82) is 0 Å². The van der Waals surface area contributed by atoms with Crippen molar-refractivity contribution < 1.29 is 14.7 Å². The second-order valence-electron chi connectivity index (χ2n) is 5.19. The van der Waals surface area contributed by atoms with Crippen LogP contribution in [0.5, 0.6) is 0 Å². The number of hydrogen-bond acceptors (Lipinski definition) is 3. The highest BCUT2D eigenvalue weighted by molar-refractivity contribution is 5.75. The summed E-state index contributed by atoms with van der Waals surface area (Å²) in [6.45, 7) is 6.15. The number of amides is 2. The Kier molecular flexibility index (Phi) is 4.42. The lowest BCUT2D eigenvalue weighted by molar-refractivity contribution is -0.138. The van der Waals surface area contributed by atoms with Crippen molar-refractivity contribution in [3.8, 4) is 0 Å². The molecule has 0 aromatic heterocycles. The molecule has 1 fully saturated rings. The summed E-state index contributed by atoms with van der Waals surface area (Å²) in [6, 6.07) is 0.0822. The van der Waals surface area contributed by atoms with Crippen LogP contribution in [-0.4, -0.2) is 77.6 Å². The van der Waals surface area contributed by atoms with Gasteiger partial charge in [-0.05, 0) is 13.3 Å². The molecule has 0 aliphatic carbocycles. The normalized spacial score (nSPS) is 21.2. The number of hydrogen-bond donors (Lipinski definition) is 1. The summed E-state index contributed by atoms with van der Waals surface area (Å²) in [6.07, 6.45) is 3.05. The molecule has 2 aliphatic heterocycles. The molecule has 19 heavy (non-hydrogen) atoms. The first kappa shape index (κ1) is 13.9. The fraction of sp³-hybridized carbons (Fsp3) is 0.692. The third kappa shape index (κ3) is 3.70. The Balaban J connectivity index is 1.81. The molecule has 1 N–H and O–H groups in total. The molecule has 0 saturated carbocycles. The maximum Gasteiger partial charge on any atom is 0.320 e. The van der Waals surface area contributed by atoms with Crippen molar-refractivity contribution in [1.82, 2.24) is 14.7 Å². The fourth-order valence-corrected chi connectivity index (χ4v) is 2.43. The summed E-state index contributed by atoms with van der Waals surface area (Å²) < 4.78 is 0. The lowest BCUT2D eigenvalue weighted by Gasteiger charge is -2.37. The first-order chi connectivity index (χ1) is 9.06. The molecule has 2 aliphatic rings. The summed E-state index contributed by atoms with van der Waals surface area (Å²) in [5, 5.41) is 8.73. The Hall–Kier alpha value is -1.56. The minimum absolute atomic E-state index is 0.0632. The van der Waals surface area contributed by atoms with Gasteiger partial charge in [0, 0.05) is 39.3 Å². The maximum absolute atomic E-state index is 12.3. The summed E-state index contributed by atoms with van der Waals surface area (Å²) in [5.41, 5.74) is 1.34. The third-order valence-electron chi connectivity index (χ3n) is 3.71. The minimum Gasteiger partial charge on any atom is -0.480 e. The smallest absolute Gasteiger partial charge is 0.320 e. The molecule has 106 valence electrons. The summed E-state index contributed by atoms with van der Waals surface area (Å²) >= 11 is 0. The van der Waals surface area contributed by atoms with Crippen LogP contribution >= 0.6 is 0 Å². The van der Waals surface area contributed by atoms with Gasteiger partial charge in [-0.3, -0.25) is 9.69 Å². The van der Waals surface area contributed by atoms with Gasteiger partial charge in [0.15, 0.2) is 0 Å². The number of carboxylic acid groups (broad SMARTS) is 1. The number of urea groups is 1. The van der Waals surface area contributed by atoms with Gasteiger partial charge in [-0.25, -0.2) is 4.79 Å². The van der Waals surface area contributed by atoms with Crippen LogP contribution in [0.1, 0.15) is 13.3 Å². The molecule has 2 heterocycles. The van der Waals surface area contributed by atoms with Gasteiger partial charge in [0.2, 0.25) is 0 Å². The Morgan fingerprint density at radius 1 is 1.16 bits per heavy atom. The molecule has 0 bridgehead atoms. The second kappa shape index (κ2) is 6.06. The zero-order valence-corrected chi connectivity index (χ0v) is 11.3. The molecular weight excluding hydrogens is 246 g/mol. The molecule has 2 rings (SSSR count). The number of rotatable bonds is 2. The van der Waals surface area contributed by atoms with Gasteiger partial charge in [0.1, 0.15) is 0 Å². The molecule has 1 saturated heterocycles. The summed E-state index contributed by atoms with van der Waals surface area (Å²) in [5.74, 6) is -0.809. The number of carbonyl (C=O) groups excluding carboxylic acids is 1. The number of carboxylic acids is 1. The highest BCUT2D eigenvalue weighted by Gasteiger charge is 2.26. The largest absolute Gasteiger partial charge is 0.480 e. The monoisotopic (exact) mass is 267 g/mol. The molecule has 6 heteroatoms. The van der Waals surface area contributed by atoms with Crippen molar-refractivity contribution in [3.05, 3.63) is 11.6 Å². The Bertz CT molecular complexity index is 387. The van der Waals surface area contributed by atoms with Crippen LogP contribution in [0.3, 0.4) is 0 Å². The van der Waals surface area contributed by atoms with E-state index in [1.54, 1.807) is 0 Å². The van der Waals surface area contributed by atoms with E-state index in [0.717, 1.165) is 13.0 Å². The van der Waals surface area contributed by atoms with Crippen molar-refractivity contribution in [2.24, 2.45) is 0 Å². The number of carbonyl (C=O) groups is 2. The Labute approximate surface area is 113 Å². The number of aliphatic carboxylic acids is 1. The molecule has 0 radical (unpaired) electrons. The van der Waals surface area contributed by atoms with E-state index in [-0.39, 0.29) is 12.6 Å². The molecule has 0 aromatic rings. The van der Waals surface area contributed by atoms with Crippen LogP contribution in [0.2, 0.25) is 0 Å². The zero-order chi connectivity index (χ0) is 13.8. The van der Waals surface area contributed by atoms with E-state index in [1.165, 1.54) is 5.57 Å². The van der Waals surface area contributed by atoms with Gasteiger partial charge in [0.25, 0.3) is 0 Å². The van der Waals surface area contributed by atoms with Crippen molar-refractivity contribution in [2.75, 3.05) is 45.8 Å². The van der Waals surface area contributed by atoms with Gasteiger partial charge < -0.3 is 14.9 Å². The maximum atomic E-state index is 12.3. The van der Waals surface area contributed by atoms with E-state index in [1.807, 2.05) is 14.7 Å². The van der Waals surface area contributed by atoms with Crippen molar-refractivity contribution >= 4 is 12.0 Å². The molecular formula is C13H21N3O3. The summed E-state index contributed by atoms with van der Waals surface area (Å²) in [4.78, 5) is 28.5. The highest BCUT2D eigenvalue weighted by atomic mass is 16.4. The highest BCUT2D eigenvalue weighted by Crippen LogP contribution is 2.13. The van der Waals surface area contributed by atoms with E-state index < -0.39 is 5.97 Å². The first-order valence-electron chi connectivity index (χ1n) is 6.70. The van der Waals surface area contributed by atoms with Crippen molar-refractivity contribution in [2.45, 2.75) is 13.3 Å². The lowest BCUT2D eigenvalue weighted by atomic mass is 10.1. The molecule has 0 aromatic carbocycles. The summed E-state index contributed by atoms with van der Waals surface area (Å²) in [7, 11) is 0. The van der Waals surface area contributed by atoms with Gasteiger partial charge in [-0.1, -0.05) is 11.6 Å². The SMILES string of the molecule is CC1=CCN(C(=O)N2CCN(CC(=O)O)CC2)CC1. The Morgan fingerprint density at radius 2 is 1.84 bits per heavy atom. The quantitative estimate of drug-likeness (QED) is 0.738.